The van der Waals surface area contributed by atoms with Crippen molar-refractivity contribution >= 4 is 5.69 Å². The second-order valence-corrected chi connectivity index (χ2v) is 4.37. The number of nitrogens with one attached hydrogen (secondary N) is 2. The predicted molar refractivity (Wildman–Crippen MR) is 76.6 cm³/mol. The fourth-order valence-electron chi connectivity index (χ4n) is 1.85. The summed E-state index contributed by atoms with van der Waals surface area (Å²) < 4.78 is 45.8. The largest absolute Gasteiger partial charge is 0.573 e. The quantitative estimate of drug-likeness (QED) is 0.798. The first-order chi connectivity index (χ1) is 10.5. The molecule has 22 heavy (non-hydrogen) atoms. The molecule has 2 rings (SSSR count). The number of hydrogen-bond donors (Lipinski definition) is 2. The molecule has 0 spiro atoms. The zero-order valence-electron chi connectivity index (χ0n) is 11.8. The molecule has 0 radical (unpaired) electrons. The highest BCUT2D eigenvalue weighted by Crippen LogP contribution is 2.28. The minimum Gasteiger partial charge on any atom is -0.496 e. The van der Waals surface area contributed by atoms with Crippen LogP contribution in [-0.4, -0.2) is 13.5 Å². The molecule has 0 aliphatic rings. The highest BCUT2D eigenvalue weighted by Gasteiger charge is 2.31. The summed E-state index contributed by atoms with van der Waals surface area (Å²) in [4.78, 5) is 0. The third kappa shape index (κ3) is 4.85. The summed E-state index contributed by atoms with van der Waals surface area (Å²) in [6.45, 7) is 0.257. The maximum absolute atomic E-state index is 12.2. The van der Waals surface area contributed by atoms with E-state index in [2.05, 4.69) is 15.6 Å². The van der Waals surface area contributed by atoms with Crippen LogP contribution in [0.15, 0.2) is 48.5 Å². The predicted octanol–water partition coefficient (Wildman–Crippen LogP) is 3.71. The number of anilines is 1. The van der Waals surface area contributed by atoms with Crippen molar-refractivity contribution in [3.05, 3.63) is 54.1 Å². The van der Waals surface area contributed by atoms with Crippen LogP contribution in [0.25, 0.3) is 0 Å². The van der Waals surface area contributed by atoms with Gasteiger partial charge in [0.2, 0.25) is 0 Å². The van der Waals surface area contributed by atoms with Crippen molar-refractivity contribution in [1.29, 1.82) is 0 Å². The van der Waals surface area contributed by atoms with E-state index in [0.717, 1.165) is 5.69 Å². The first-order valence-electron chi connectivity index (χ1n) is 6.44. The Morgan fingerprint density at radius 2 is 1.77 bits per heavy atom. The van der Waals surface area contributed by atoms with Gasteiger partial charge in [-0.2, -0.15) is 0 Å². The smallest absolute Gasteiger partial charge is 0.496 e. The van der Waals surface area contributed by atoms with E-state index in [4.69, 9.17) is 4.74 Å². The summed E-state index contributed by atoms with van der Waals surface area (Å²) in [7, 11) is 1.45. The van der Waals surface area contributed by atoms with E-state index in [9.17, 15) is 13.2 Å². The SMILES string of the molecule is COc1ccc(OC(F)(F)F)cc1CNNc1ccccc1. The molecule has 0 aromatic heterocycles. The Kier molecular flexibility index (Phi) is 5.11. The van der Waals surface area contributed by atoms with Crippen LogP contribution in [0.1, 0.15) is 5.56 Å². The molecule has 2 aromatic carbocycles. The maximum Gasteiger partial charge on any atom is 0.573 e. The molecule has 0 saturated heterocycles. The van der Waals surface area contributed by atoms with Gasteiger partial charge in [0, 0.05) is 17.8 Å². The molecule has 7 heteroatoms. The summed E-state index contributed by atoms with van der Waals surface area (Å²) in [5, 5.41) is 0. The van der Waals surface area contributed by atoms with Gasteiger partial charge in [0.1, 0.15) is 11.5 Å². The molecule has 0 unspecified atom stereocenters. The number of hydrazine groups is 1. The minimum absolute atomic E-state index is 0.257. The Morgan fingerprint density at radius 3 is 2.41 bits per heavy atom. The molecule has 0 amide bonds. The monoisotopic (exact) mass is 312 g/mol. The molecule has 0 aliphatic carbocycles. The van der Waals surface area contributed by atoms with Gasteiger partial charge < -0.3 is 14.9 Å². The van der Waals surface area contributed by atoms with E-state index in [1.165, 1.54) is 25.3 Å². The lowest BCUT2D eigenvalue weighted by Crippen LogP contribution is -2.21. The third-order valence-corrected chi connectivity index (χ3v) is 2.77. The molecule has 0 fully saturated rings. The number of para-hydroxylation sites is 1. The van der Waals surface area contributed by atoms with Gasteiger partial charge in [-0.1, -0.05) is 18.2 Å². The van der Waals surface area contributed by atoms with Gasteiger partial charge in [-0.25, -0.2) is 5.43 Å². The zero-order chi connectivity index (χ0) is 16.0. The van der Waals surface area contributed by atoms with Gasteiger partial charge in [-0.15, -0.1) is 13.2 Å². The number of methoxy groups -OCH3 is 1. The van der Waals surface area contributed by atoms with E-state index < -0.39 is 6.36 Å². The summed E-state index contributed by atoms with van der Waals surface area (Å²) in [6.07, 6.45) is -4.72. The minimum atomic E-state index is -4.72. The summed E-state index contributed by atoms with van der Waals surface area (Å²) >= 11 is 0. The van der Waals surface area contributed by atoms with E-state index in [-0.39, 0.29) is 12.3 Å². The average molecular weight is 312 g/mol. The van der Waals surface area contributed by atoms with Crippen molar-refractivity contribution in [1.82, 2.24) is 5.43 Å². The molecule has 2 N–H and O–H groups in total. The van der Waals surface area contributed by atoms with Crippen molar-refractivity contribution < 1.29 is 22.6 Å². The molecule has 4 nitrogen and oxygen atoms in total. The van der Waals surface area contributed by atoms with Crippen LogP contribution in [0.4, 0.5) is 18.9 Å². The Morgan fingerprint density at radius 1 is 1.05 bits per heavy atom. The van der Waals surface area contributed by atoms with Gasteiger partial charge in [0.25, 0.3) is 0 Å². The number of halogens is 3. The molecule has 0 bridgehead atoms. The van der Waals surface area contributed by atoms with Gasteiger partial charge in [0.15, 0.2) is 0 Å². The van der Waals surface area contributed by atoms with Crippen molar-refractivity contribution in [2.75, 3.05) is 12.5 Å². The second-order valence-electron chi connectivity index (χ2n) is 4.37. The molecular weight excluding hydrogens is 297 g/mol. The van der Waals surface area contributed by atoms with E-state index in [0.29, 0.717) is 11.3 Å². The van der Waals surface area contributed by atoms with Gasteiger partial charge in [0.05, 0.1) is 7.11 Å². The van der Waals surface area contributed by atoms with Crippen LogP contribution < -0.4 is 20.3 Å². The molecular formula is C15H15F3N2O2. The van der Waals surface area contributed by atoms with Crippen LogP contribution >= 0.6 is 0 Å². The maximum atomic E-state index is 12.2. The van der Waals surface area contributed by atoms with Gasteiger partial charge in [-0.3, -0.25) is 0 Å². The normalized spacial score (nSPS) is 11.1. The molecule has 118 valence electrons. The van der Waals surface area contributed by atoms with Crippen LogP contribution in [0.5, 0.6) is 11.5 Å². The van der Waals surface area contributed by atoms with Crippen LogP contribution in [0, 0.1) is 0 Å². The van der Waals surface area contributed by atoms with E-state index >= 15 is 0 Å². The van der Waals surface area contributed by atoms with Crippen molar-refractivity contribution in [2.24, 2.45) is 0 Å². The lowest BCUT2D eigenvalue weighted by atomic mass is 10.2. The molecule has 0 aliphatic heterocycles. The average Bonchev–Trinajstić information content (AvgIpc) is 2.47. The Hall–Kier alpha value is -2.41. The second kappa shape index (κ2) is 7.04. The Bertz CT molecular complexity index is 603. The summed E-state index contributed by atoms with van der Waals surface area (Å²) in [5.74, 6) is 0.182. The van der Waals surface area contributed by atoms with Crippen LogP contribution in [-0.2, 0) is 6.54 Å². The van der Waals surface area contributed by atoms with Crippen LogP contribution in [0.2, 0.25) is 0 Å². The van der Waals surface area contributed by atoms with Crippen LogP contribution in [0.3, 0.4) is 0 Å². The number of alkyl halides is 3. The molecule has 2 aromatic rings. The number of ether oxygens (including phenoxy) is 2. The Balaban J connectivity index is 2.03. The highest BCUT2D eigenvalue weighted by molar-refractivity contribution is 5.43. The van der Waals surface area contributed by atoms with Crippen molar-refractivity contribution in [3.8, 4) is 11.5 Å². The molecule has 0 atom stereocenters. The lowest BCUT2D eigenvalue weighted by molar-refractivity contribution is -0.274. The number of benzene rings is 2. The fourth-order valence-corrected chi connectivity index (χ4v) is 1.85. The molecule has 0 heterocycles. The zero-order valence-corrected chi connectivity index (χ0v) is 11.8. The van der Waals surface area contributed by atoms with Gasteiger partial charge in [-0.05, 0) is 30.3 Å². The Labute approximate surface area is 125 Å². The number of rotatable bonds is 6. The van der Waals surface area contributed by atoms with Crippen molar-refractivity contribution in [3.63, 3.8) is 0 Å². The third-order valence-electron chi connectivity index (χ3n) is 2.77. The summed E-state index contributed by atoms with van der Waals surface area (Å²) in [6, 6.07) is 13.2. The van der Waals surface area contributed by atoms with Crippen molar-refractivity contribution in [2.45, 2.75) is 12.9 Å². The first kappa shape index (κ1) is 16.0. The standard InChI is InChI=1S/C15H15F3N2O2/c1-21-14-8-7-13(22-15(16,17)18)9-11(14)10-19-20-12-5-3-2-4-6-12/h2-9,19-20H,10H2,1H3. The topological polar surface area (TPSA) is 42.5 Å². The lowest BCUT2D eigenvalue weighted by Gasteiger charge is -2.14. The highest BCUT2D eigenvalue weighted by atomic mass is 19.4. The molecule has 0 saturated carbocycles. The van der Waals surface area contributed by atoms with E-state index in [1.54, 1.807) is 0 Å². The number of hydrogen-bond acceptors (Lipinski definition) is 4. The fraction of sp³-hybridized carbons (Fsp3) is 0.200. The summed E-state index contributed by atoms with van der Waals surface area (Å²) in [5.41, 5.74) is 7.23. The first-order valence-corrected chi connectivity index (χ1v) is 6.44. The van der Waals surface area contributed by atoms with E-state index in [1.807, 2.05) is 30.3 Å². The van der Waals surface area contributed by atoms with Gasteiger partial charge >= 0.3 is 6.36 Å².